The quantitative estimate of drug-likeness (QED) is 0.521. The van der Waals surface area contributed by atoms with Crippen LogP contribution >= 0.6 is 0 Å². The van der Waals surface area contributed by atoms with Crippen LogP contribution in [0.2, 0.25) is 0 Å². The lowest BCUT2D eigenvalue weighted by molar-refractivity contribution is 0.817. The first-order valence-corrected chi connectivity index (χ1v) is 8.81. The highest BCUT2D eigenvalue weighted by atomic mass is 16.1. The Bertz CT molecular complexity index is 1210. The maximum Gasteiger partial charge on any atom is 0.281 e. The average Bonchev–Trinajstić information content (AvgIpc) is 2.96. The minimum atomic E-state index is -0.177. The molecule has 0 fully saturated rings. The van der Waals surface area contributed by atoms with Crippen LogP contribution in [0.25, 0.3) is 16.6 Å². The number of aryl methyl sites for hydroxylation is 2. The van der Waals surface area contributed by atoms with E-state index in [4.69, 9.17) is 0 Å². The molecule has 0 N–H and O–H groups in total. The van der Waals surface area contributed by atoms with Gasteiger partial charge in [-0.3, -0.25) is 4.79 Å². The molecule has 0 unspecified atom stereocenters. The smallest absolute Gasteiger partial charge is 0.281 e. The Hall–Kier alpha value is -3.47. The molecule has 0 radical (unpaired) electrons. The molecule has 2 aromatic carbocycles. The van der Waals surface area contributed by atoms with Gasteiger partial charge in [-0.2, -0.15) is 9.78 Å². The Morgan fingerprint density at radius 2 is 1.74 bits per heavy atom. The third-order valence-corrected chi connectivity index (χ3v) is 4.73. The van der Waals surface area contributed by atoms with E-state index < -0.39 is 0 Å². The summed E-state index contributed by atoms with van der Waals surface area (Å²) in [6.07, 6.45) is 3.17. The number of hydrogen-bond acceptors (Lipinski definition) is 3. The van der Waals surface area contributed by atoms with E-state index in [2.05, 4.69) is 65.8 Å². The molecular weight excluding hydrogens is 336 g/mol. The highest BCUT2D eigenvalue weighted by Crippen LogP contribution is 2.20. The van der Waals surface area contributed by atoms with Gasteiger partial charge in [0.05, 0.1) is 17.1 Å². The molecule has 2 heterocycles. The minimum absolute atomic E-state index is 0.177. The van der Waals surface area contributed by atoms with Crippen molar-refractivity contribution in [2.75, 3.05) is 0 Å². The zero-order valence-corrected chi connectivity index (χ0v) is 15.5. The summed E-state index contributed by atoms with van der Waals surface area (Å²) in [5, 5.41) is 4.91. The van der Waals surface area contributed by atoms with Crippen molar-refractivity contribution in [2.24, 2.45) is 5.10 Å². The lowest BCUT2D eigenvalue weighted by Crippen LogP contribution is -2.17. The summed E-state index contributed by atoms with van der Waals surface area (Å²) in [5.74, 6) is 0. The fraction of sp³-hybridized carbons (Fsp3) is 0.136. The van der Waals surface area contributed by atoms with Gasteiger partial charge in [0.15, 0.2) is 0 Å². The molecule has 5 heteroatoms. The second-order valence-electron chi connectivity index (χ2n) is 6.65. The SMILES string of the molecule is Cc1ccc(-n2c(C)cc(/C=N/n3cnc4ccccc4c3=O)c2C)cc1. The molecule has 0 saturated carbocycles. The van der Waals surface area contributed by atoms with Gasteiger partial charge in [0.25, 0.3) is 5.56 Å². The van der Waals surface area contributed by atoms with Gasteiger partial charge >= 0.3 is 0 Å². The number of aromatic nitrogens is 3. The molecule has 4 rings (SSSR count). The highest BCUT2D eigenvalue weighted by Gasteiger charge is 2.09. The first-order chi connectivity index (χ1) is 13.0. The monoisotopic (exact) mass is 356 g/mol. The van der Waals surface area contributed by atoms with Gasteiger partial charge < -0.3 is 4.57 Å². The van der Waals surface area contributed by atoms with Crippen LogP contribution in [0.4, 0.5) is 0 Å². The van der Waals surface area contributed by atoms with E-state index in [1.54, 1.807) is 12.3 Å². The van der Waals surface area contributed by atoms with Crippen molar-refractivity contribution in [1.82, 2.24) is 14.2 Å². The van der Waals surface area contributed by atoms with E-state index in [0.717, 1.165) is 22.6 Å². The second kappa shape index (κ2) is 6.68. The van der Waals surface area contributed by atoms with Crippen LogP contribution in [-0.2, 0) is 0 Å². The zero-order chi connectivity index (χ0) is 19.0. The molecular formula is C22H20N4O. The van der Waals surface area contributed by atoms with Crippen molar-refractivity contribution < 1.29 is 0 Å². The predicted octanol–water partition coefficient (Wildman–Crippen LogP) is 3.99. The topological polar surface area (TPSA) is 52.2 Å². The summed E-state index contributed by atoms with van der Waals surface area (Å²) < 4.78 is 3.46. The molecule has 0 aliphatic carbocycles. The number of benzene rings is 2. The summed E-state index contributed by atoms with van der Waals surface area (Å²) in [6.45, 7) is 6.19. The normalized spacial score (nSPS) is 11.5. The van der Waals surface area contributed by atoms with E-state index in [1.165, 1.54) is 16.6 Å². The predicted molar refractivity (Wildman–Crippen MR) is 109 cm³/mol. The highest BCUT2D eigenvalue weighted by molar-refractivity contribution is 5.82. The van der Waals surface area contributed by atoms with Crippen LogP contribution in [-0.4, -0.2) is 20.4 Å². The van der Waals surface area contributed by atoms with E-state index in [-0.39, 0.29) is 5.56 Å². The van der Waals surface area contributed by atoms with E-state index in [9.17, 15) is 4.79 Å². The van der Waals surface area contributed by atoms with Crippen molar-refractivity contribution in [3.05, 3.63) is 93.8 Å². The summed E-state index contributed by atoms with van der Waals surface area (Å²) >= 11 is 0. The molecule has 0 amide bonds. The van der Waals surface area contributed by atoms with Crippen LogP contribution in [0.15, 0.2) is 70.8 Å². The van der Waals surface area contributed by atoms with Gasteiger partial charge in [-0.1, -0.05) is 29.8 Å². The lowest BCUT2D eigenvalue weighted by atomic mass is 10.2. The number of rotatable bonds is 3. The van der Waals surface area contributed by atoms with Gasteiger partial charge in [-0.15, -0.1) is 0 Å². The van der Waals surface area contributed by atoms with Crippen molar-refractivity contribution in [1.29, 1.82) is 0 Å². The largest absolute Gasteiger partial charge is 0.318 e. The van der Waals surface area contributed by atoms with Gasteiger partial charge in [-0.25, -0.2) is 4.98 Å². The summed E-state index contributed by atoms with van der Waals surface area (Å²) in [6, 6.07) is 17.8. The molecule has 0 spiro atoms. The third-order valence-electron chi connectivity index (χ3n) is 4.73. The number of nitrogens with zero attached hydrogens (tertiary/aromatic N) is 4. The lowest BCUT2D eigenvalue weighted by Gasteiger charge is -2.09. The van der Waals surface area contributed by atoms with Crippen LogP contribution < -0.4 is 5.56 Å². The molecule has 5 nitrogen and oxygen atoms in total. The molecule has 4 aromatic rings. The molecule has 2 aromatic heterocycles. The van der Waals surface area contributed by atoms with Crippen molar-refractivity contribution in [3.63, 3.8) is 0 Å². The maximum atomic E-state index is 12.6. The number of fused-ring (bicyclic) bond motifs is 1. The fourth-order valence-corrected chi connectivity index (χ4v) is 3.28. The van der Waals surface area contributed by atoms with Crippen LogP contribution in [0, 0.1) is 20.8 Å². The minimum Gasteiger partial charge on any atom is -0.318 e. The Balaban J connectivity index is 1.73. The molecule has 134 valence electrons. The molecule has 0 aliphatic rings. The Morgan fingerprint density at radius 3 is 2.52 bits per heavy atom. The van der Waals surface area contributed by atoms with Crippen LogP contribution in [0.5, 0.6) is 0 Å². The zero-order valence-electron chi connectivity index (χ0n) is 15.5. The summed E-state index contributed by atoms with van der Waals surface area (Å²) in [4.78, 5) is 16.9. The van der Waals surface area contributed by atoms with Gasteiger partial charge in [0.1, 0.15) is 6.33 Å². The van der Waals surface area contributed by atoms with E-state index in [0.29, 0.717) is 10.9 Å². The average molecular weight is 356 g/mol. The molecule has 0 bridgehead atoms. The summed E-state index contributed by atoms with van der Waals surface area (Å²) in [7, 11) is 0. The second-order valence-corrected chi connectivity index (χ2v) is 6.65. The van der Waals surface area contributed by atoms with Crippen molar-refractivity contribution >= 4 is 17.1 Å². The van der Waals surface area contributed by atoms with Gasteiger partial charge in [0.2, 0.25) is 0 Å². The van der Waals surface area contributed by atoms with Gasteiger partial charge in [-0.05, 0) is 51.1 Å². The van der Waals surface area contributed by atoms with E-state index >= 15 is 0 Å². The number of para-hydroxylation sites is 1. The van der Waals surface area contributed by atoms with Crippen LogP contribution in [0.3, 0.4) is 0 Å². The Morgan fingerprint density at radius 1 is 1.00 bits per heavy atom. The van der Waals surface area contributed by atoms with Crippen molar-refractivity contribution in [3.8, 4) is 5.69 Å². The molecule has 0 atom stereocenters. The Kier molecular flexibility index (Phi) is 4.20. The first kappa shape index (κ1) is 17.0. The maximum absolute atomic E-state index is 12.6. The molecule has 0 aliphatic heterocycles. The van der Waals surface area contributed by atoms with Gasteiger partial charge in [0, 0.05) is 22.6 Å². The first-order valence-electron chi connectivity index (χ1n) is 8.81. The third kappa shape index (κ3) is 3.08. The Labute approximate surface area is 157 Å². The molecule has 0 saturated heterocycles. The van der Waals surface area contributed by atoms with E-state index in [1.807, 2.05) is 18.2 Å². The molecule has 27 heavy (non-hydrogen) atoms. The summed E-state index contributed by atoms with van der Waals surface area (Å²) in [5.41, 5.74) is 5.98. The fourth-order valence-electron chi connectivity index (χ4n) is 3.28. The van der Waals surface area contributed by atoms with Crippen LogP contribution in [0.1, 0.15) is 22.5 Å². The van der Waals surface area contributed by atoms with Crippen molar-refractivity contribution in [2.45, 2.75) is 20.8 Å². The number of hydrogen-bond donors (Lipinski definition) is 0. The standard InChI is InChI=1S/C22H20N4O/c1-15-8-10-19(11-9-15)26-16(2)12-18(17(26)3)13-24-25-14-23-21-7-5-4-6-20(21)22(25)27/h4-14H,1-3H3/b24-13+.